The first kappa shape index (κ1) is 13.8. The maximum atomic E-state index is 6.47. The molecule has 110 valence electrons. The van der Waals surface area contributed by atoms with E-state index in [0.717, 1.165) is 18.5 Å². The molecule has 0 aromatic heterocycles. The Morgan fingerprint density at radius 1 is 0.895 bits per heavy atom. The van der Waals surface area contributed by atoms with E-state index in [1.54, 1.807) is 0 Å². The van der Waals surface area contributed by atoms with E-state index in [0.29, 0.717) is 6.04 Å². The second kappa shape index (κ2) is 6.55. The van der Waals surface area contributed by atoms with Crippen LogP contribution in [0.2, 0.25) is 0 Å². The molecule has 2 N–H and O–H groups in total. The molecule has 2 aliphatic heterocycles. The first-order chi connectivity index (χ1) is 9.33. The van der Waals surface area contributed by atoms with Gasteiger partial charge in [-0.25, -0.2) is 0 Å². The number of hydrogen-bond acceptors (Lipinski definition) is 3. The van der Waals surface area contributed by atoms with Crippen molar-refractivity contribution in [3.8, 4) is 0 Å². The van der Waals surface area contributed by atoms with Crippen molar-refractivity contribution >= 4 is 0 Å². The molecular weight excluding hydrogens is 234 g/mol. The zero-order chi connectivity index (χ0) is 13.1. The van der Waals surface area contributed by atoms with Gasteiger partial charge in [-0.2, -0.15) is 0 Å². The standard InChI is InChI=1S/C16H31N3/c17-16(14-6-2-1-3-7-14)13-18-11-8-15(12-18)19-9-4-5-10-19/h14-16H,1-13,17H2. The second-order valence-corrected chi connectivity index (χ2v) is 7.01. The Bertz CT molecular complexity index is 269. The SMILES string of the molecule is NC(CN1CCC(N2CCCC2)C1)C1CCCCC1. The number of hydrogen-bond donors (Lipinski definition) is 1. The van der Waals surface area contributed by atoms with Crippen molar-refractivity contribution in [2.45, 2.75) is 63.5 Å². The van der Waals surface area contributed by atoms with Crippen molar-refractivity contribution < 1.29 is 0 Å². The van der Waals surface area contributed by atoms with Crippen LogP contribution >= 0.6 is 0 Å². The number of nitrogens with zero attached hydrogens (tertiary/aromatic N) is 2. The van der Waals surface area contributed by atoms with Crippen LogP contribution in [0.1, 0.15) is 51.4 Å². The zero-order valence-electron chi connectivity index (χ0n) is 12.4. The van der Waals surface area contributed by atoms with E-state index in [1.807, 2.05) is 0 Å². The number of rotatable bonds is 4. The van der Waals surface area contributed by atoms with E-state index in [9.17, 15) is 0 Å². The minimum Gasteiger partial charge on any atom is -0.326 e. The number of likely N-dealkylation sites (tertiary alicyclic amines) is 2. The summed E-state index contributed by atoms with van der Waals surface area (Å²) in [6.45, 7) is 6.39. The summed E-state index contributed by atoms with van der Waals surface area (Å²) in [7, 11) is 0. The van der Waals surface area contributed by atoms with Gasteiger partial charge in [0.1, 0.15) is 0 Å². The molecule has 2 saturated heterocycles. The highest BCUT2D eigenvalue weighted by atomic mass is 15.3. The third-order valence-corrected chi connectivity index (χ3v) is 5.63. The zero-order valence-corrected chi connectivity index (χ0v) is 12.4. The molecule has 3 fully saturated rings. The van der Waals surface area contributed by atoms with Gasteiger partial charge in [0.05, 0.1) is 0 Å². The molecule has 0 bridgehead atoms. The predicted molar refractivity (Wildman–Crippen MR) is 80.2 cm³/mol. The minimum atomic E-state index is 0.428. The molecule has 0 spiro atoms. The maximum absolute atomic E-state index is 6.47. The van der Waals surface area contributed by atoms with E-state index < -0.39 is 0 Å². The third-order valence-electron chi connectivity index (χ3n) is 5.63. The largest absolute Gasteiger partial charge is 0.326 e. The van der Waals surface area contributed by atoms with Crippen molar-refractivity contribution in [2.75, 3.05) is 32.7 Å². The van der Waals surface area contributed by atoms with E-state index in [2.05, 4.69) is 9.80 Å². The average Bonchev–Trinajstić information content (AvgIpc) is 3.10. The lowest BCUT2D eigenvalue weighted by atomic mass is 9.84. The van der Waals surface area contributed by atoms with Gasteiger partial charge in [-0.1, -0.05) is 19.3 Å². The van der Waals surface area contributed by atoms with E-state index in [4.69, 9.17) is 5.73 Å². The highest BCUT2D eigenvalue weighted by Crippen LogP contribution is 2.27. The Hall–Kier alpha value is -0.120. The summed E-state index contributed by atoms with van der Waals surface area (Å²) in [6, 6.07) is 1.26. The summed E-state index contributed by atoms with van der Waals surface area (Å²) in [5.41, 5.74) is 6.47. The van der Waals surface area contributed by atoms with Crippen LogP contribution in [-0.4, -0.2) is 54.6 Å². The number of nitrogens with two attached hydrogens (primary N) is 1. The topological polar surface area (TPSA) is 32.5 Å². The predicted octanol–water partition coefficient (Wildman–Crippen LogP) is 2.06. The highest BCUT2D eigenvalue weighted by molar-refractivity contribution is 4.88. The van der Waals surface area contributed by atoms with Gasteiger partial charge in [0.15, 0.2) is 0 Å². The Morgan fingerprint density at radius 2 is 1.63 bits per heavy atom. The summed E-state index contributed by atoms with van der Waals surface area (Å²) >= 11 is 0. The van der Waals surface area contributed by atoms with Crippen LogP contribution in [0.15, 0.2) is 0 Å². The third kappa shape index (κ3) is 3.50. The normalized spacial score (nSPS) is 33.0. The highest BCUT2D eigenvalue weighted by Gasteiger charge is 2.31. The Labute approximate surface area is 118 Å². The molecule has 3 heteroatoms. The second-order valence-electron chi connectivity index (χ2n) is 7.01. The van der Waals surface area contributed by atoms with Gasteiger partial charge >= 0.3 is 0 Å². The van der Waals surface area contributed by atoms with Crippen molar-refractivity contribution in [3.05, 3.63) is 0 Å². The molecule has 2 atom stereocenters. The molecule has 0 amide bonds. The lowest BCUT2D eigenvalue weighted by Crippen LogP contribution is -2.43. The molecule has 0 aromatic carbocycles. The van der Waals surface area contributed by atoms with Crippen LogP contribution in [0.3, 0.4) is 0 Å². The Balaban J connectivity index is 1.43. The quantitative estimate of drug-likeness (QED) is 0.844. The smallest absolute Gasteiger partial charge is 0.0235 e. The summed E-state index contributed by atoms with van der Waals surface area (Å²) in [5.74, 6) is 0.805. The van der Waals surface area contributed by atoms with Crippen LogP contribution in [0.25, 0.3) is 0 Å². The molecular formula is C16H31N3. The molecule has 1 aliphatic carbocycles. The van der Waals surface area contributed by atoms with Crippen molar-refractivity contribution in [2.24, 2.45) is 11.7 Å². The molecule has 3 rings (SSSR count). The molecule has 0 aromatic rings. The molecule has 2 unspecified atom stereocenters. The fourth-order valence-electron chi connectivity index (χ4n) is 4.39. The average molecular weight is 265 g/mol. The Kier molecular flexibility index (Phi) is 4.78. The maximum Gasteiger partial charge on any atom is 0.0235 e. The van der Waals surface area contributed by atoms with Gasteiger partial charge in [-0.3, -0.25) is 4.90 Å². The first-order valence-corrected chi connectivity index (χ1v) is 8.55. The molecule has 19 heavy (non-hydrogen) atoms. The van der Waals surface area contributed by atoms with Gasteiger partial charge in [0.25, 0.3) is 0 Å². The fraction of sp³-hybridized carbons (Fsp3) is 1.00. The van der Waals surface area contributed by atoms with E-state index >= 15 is 0 Å². The lowest BCUT2D eigenvalue weighted by Gasteiger charge is -2.31. The van der Waals surface area contributed by atoms with Gasteiger partial charge in [0.2, 0.25) is 0 Å². The van der Waals surface area contributed by atoms with Gasteiger partial charge in [-0.05, 0) is 57.7 Å². The van der Waals surface area contributed by atoms with Gasteiger partial charge < -0.3 is 10.6 Å². The first-order valence-electron chi connectivity index (χ1n) is 8.55. The van der Waals surface area contributed by atoms with Gasteiger partial charge in [-0.15, -0.1) is 0 Å². The lowest BCUT2D eigenvalue weighted by molar-refractivity contribution is 0.205. The monoisotopic (exact) mass is 265 g/mol. The van der Waals surface area contributed by atoms with Crippen LogP contribution in [-0.2, 0) is 0 Å². The van der Waals surface area contributed by atoms with E-state index in [-0.39, 0.29) is 0 Å². The molecule has 3 aliphatic rings. The molecule has 1 saturated carbocycles. The van der Waals surface area contributed by atoms with Crippen molar-refractivity contribution in [1.82, 2.24) is 9.80 Å². The van der Waals surface area contributed by atoms with Crippen LogP contribution in [0.4, 0.5) is 0 Å². The molecule has 2 heterocycles. The Morgan fingerprint density at radius 3 is 2.37 bits per heavy atom. The summed E-state index contributed by atoms with van der Waals surface area (Å²) in [4.78, 5) is 5.36. The van der Waals surface area contributed by atoms with Crippen LogP contribution in [0, 0.1) is 5.92 Å². The van der Waals surface area contributed by atoms with Crippen LogP contribution < -0.4 is 5.73 Å². The summed E-state index contributed by atoms with van der Waals surface area (Å²) in [6.07, 6.45) is 11.2. The van der Waals surface area contributed by atoms with Crippen molar-refractivity contribution in [1.29, 1.82) is 0 Å². The summed E-state index contributed by atoms with van der Waals surface area (Å²) in [5, 5.41) is 0. The summed E-state index contributed by atoms with van der Waals surface area (Å²) < 4.78 is 0. The molecule has 3 nitrogen and oxygen atoms in total. The fourth-order valence-corrected chi connectivity index (χ4v) is 4.39. The molecule has 0 radical (unpaired) electrons. The van der Waals surface area contributed by atoms with Crippen molar-refractivity contribution in [3.63, 3.8) is 0 Å². The van der Waals surface area contributed by atoms with Crippen LogP contribution in [0.5, 0.6) is 0 Å². The van der Waals surface area contributed by atoms with E-state index in [1.165, 1.54) is 77.5 Å². The van der Waals surface area contributed by atoms with Gasteiger partial charge in [0, 0.05) is 25.2 Å². The minimum absolute atomic E-state index is 0.428.